The summed E-state index contributed by atoms with van der Waals surface area (Å²) in [6.45, 7) is 0.382. The van der Waals surface area contributed by atoms with Gasteiger partial charge in [0.25, 0.3) is 5.69 Å². The Kier molecular flexibility index (Phi) is 4.50. The summed E-state index contributed by atoms with van der Waals surface area (Å²) in [6, 6.07) is 2.76. The SMILES string of the molecule is O=[N+]([O-])c1ccc(NCCC2=CCCC2)c(C(F)(F)F)c1. The Bertz CT molecular complexity index is 568. The Labute approximate surface area is 119 Å². The molecule has 0 bridgehead atoms. The number of hydrogen-bond donors (Lipinski definition) is 1. The molecule has 1 aliphatic rings. The number of allylic oxidation sites excluding steroid dienone is 1. The lowest BCUT2D eigenvalue weighted by atomic mass is 10.1. The van der Waals surface area contributed by atoms with Gasteiger partial charge in [-0.2, -0.15) is 13.2 Å². The molecule has 0 aromatic heterocycles. The van der Waals surface area contributed by atoms with Gasteiger partial charge in [-0.25, -0.2) is 0 Å². The molecule has 1 aliphatic carbocycles. The Morgan fingerprint density at radius 1 is 1.33 bits per heavy atom. The van der Waals surface area contributed by atoms with E-state index in [1.165, 1.54) is 5.57 Å². The van der Waals surface area contributed by atoms with Crippen molar-refractivity contribution < 1.29 is 18.1 Å². The fraction of sp³-hybridized carbons (Fsp3) is 0.429. The molecule has 0 heterocycles. The van der Waals surface area contributed by atoms with Gasteiger partial charge in [0.05, 0.1) is 10.5 Å². The average molecular weight is 300 g/mol. The van der Waals surface area contributed by atoms with Crippen LogP contribution in [0.5, 0.6) is 0 Å². The molecule has 0 fully saturated rings. The zero-order valence-electron chi connectivity index (χ0n) is 11.2. The highest BCUT2D eigenvalue weighted by Crippen LogP contribution is 2.37. The summed E-state index contributed by atoms with van der Waals surface area (Å²) in [5.41, 5.74) is -0.437. The third kappa shape index (κ3) is 3.96. The molecular formula is C14H15F3N2O2. The molecule has 0 aliphatic heterocycles. The minimum atomic E-state index is -4.62. The van der Waals surface area contributed by atoms with Crippen molar-refractivity contribution in [1.82, 2.24) is 0 Å². The quantitative estimate of drug-likeness (QED) is 0.494. The van der Waals surface area contributed by atoms with Gasteiger partial charge in [-0.3, -0.25) is 10.1 Å². The summed E-state index contributed by atoms with van der Waals surface area (Å²) in [5.74, 6) is 0. The van der Waals surface area contributed by atoms with E-state index in [9.17, 15) is 23.3 Å². The van der Waals surface area contributed by atoms with Gasteiger partial charge in [0.1, 0.15) is 0 Å². The third-order valence-corrected chi connectivity index (χ3v) is 3.42. The Morgan fingerprint density at radius 3 is 2.67 bits per heavy atom. The van der Waals surface area contributed by atoms with E-state index in [0.29, 0.717) is 19.0 Å². The summed E-state index contributed by atoms with van der Waals surface area (Å²) >= 11 is 0. The number of rotatable bonds is 5. The molecule has 114 valence electrons. The predicted octanol–water partition coefficient (Wildman–Crippen LogP) is 4.53. The van der Waals surface area contributed by atoms with Crippen LogP contribution in [-0.4, -0.2) is 11.5 Å². The molecule has 0 amide bonds. The van der Waals surface area contributed by atoms with Gasteiger partial charge in [0.2, 0.25) is 0 Å². The second-order valence-corrected chi connectivity index (χ2v) is 4.92. The first-order valence-electron chi connectivity index (χ1n) is 6.65. The number of halogens is 3. The fourth-order valence-electron chi connectivity index (χ4n) is 2.36. The number of hydrogen-bond acceptors (Lipinski definition) is 3. The Balaban J connectivity index is 2.12. The lowest BCUT2D eigenvalue weighted by Gasteiger charge is -2.14. The molecule has 4 nitrogen and oxygen atoms in total. The fourth-order valence-corrected chi connectivity index (χ4v) is 2.36. The van der Waals surface area contributed by atoms with Crippen LogP contribution >= 0.6 is 0 Å². The summed E-state index contributed by atoms with van der Waals surface area (Å²) in [7, 11) is 0. The first kappa shape index (κ1) is 15.3. The van der Waals surface area contributed by atoms with Gasteiger partial charge in [-0.05, 0) is 31.7 Å². The minimum absolute atomic E-state index is 0.119. The van der Waals surface area contributed by atoms with Crippen LogP contribution in [-0.2, 0) is 6.18 Å². The van der Waals surface area contributed by atoms with Crippen molar-refractivity contribution in [3.63, 3.8) is 0 Å². The second-order valence-electron chi connectivity index (χ2n) is 4.92. The number of nitro benzene ring substituents is 1. The zero-order chi connectivity index (χ0) is 15.5. The first-order valence-corrected chi connectivity index (χ1v) is 6.65. The van der Waals surface area contributed by atoms with Crippen LogP contribution in [0.2, 0.25) is 0 Å². The Hall–Kier alpha value is -2.05. The van der Waals surface area contributed by atoms with Crippen LogP contribution in [0.4, 0.5) is 24.5 Å². The molecule has 1 aromatic rings. The molecule has 2 rings (SSSR count). The maximum absolute atomic E-state index is 12.9. The maximum atomic E-state index is 12.9. The summed E-state index contributed by atoms with van der Waals surface area (Å²) in [6.07, 6.45) is 1.30. The van der Waals surface area contributed by atoms with Crippen LogP contribution in [0, 0.1) is 10.1 Å². The number of benzene rings is 1. The van der Waals surface area contributed by atoms with E-state index < -0.39 is 22.4 Å². The van der Waals surface area contributed by atoms with E-state index in [-0.39, 0.29) is 5.69 Å². The van der Waals surface area contributed by atoms with Crippen molar-refractivity contribution in [2.24, 2.45) is 0 Å². The molecule has 0 radical (unpaired) electrons. The number of alkyl halides is 3. The van der Waals surface area contributed by atoms with E-state index in [2.05, 4.69) is 11.4 Å². The molecule has 0 saturated carbocycles. The van der Waals surface area contributed by atoms with Gasteiger partial charge in [-0.15, -0.1) is 0 Å². The lowest BCUT2D eigenvalue weighted by Crippen LogP contribution is -2.12. The molecule has 21 heavy (non-hydrogen) atoms. The van der Waals surface area contributed by atoms with E-state index in [1.807, 2.05) is 0 Å². The Morgan fingerprint density at radius 2 is 2.10 bits per heavy atom. The number of non-ortho nitro benzene ring substituents is 1. The number of nitro groups is 1. The summed E-state index contributed by atoms with van der Waals surface area (Å²) < 4.78 is 38.8. The van der Waals surface area contributed by atoms with E-state index in [0.717, 1.165) is 31.4 Å². The van der Waals surface area contributed by atoms with Crippen LogP contribution < -0.4 is 5.32 Å². The van der Waals surface area contributed by atoms with E-state index in [4.69, 9.17) is 0 Å². The highest BCUT2D eigenvalue weighted by molar-refractivity contribution is 5.57. The lowest BCUT2D eigenvalue weighted by molar-refractivity contribution is -0.385. The molecular weight excluding hydrogens is 285 g/mol. The standard InChI is InChI=1S/C14H15F3N2O2/c15-14(16,17)12-9-11(19(20)21)5-6-13(12)18-8-7-10-3-1-2-4-10/h3,5-6,9,18H,1-2,4,7-8H2. The van der Waals surface area contributed by atoms with Crippen LogP contribution in [0.1, 0.15) is 31.2 Å². The van der Waals surface area contributed by atoms with E-state index in [1.54, 1.807) is 0 Å². The monoisotopic (exact) mass is 300 g/mol. The average Bonchev–Trinajstić information content (AvgIpc) is 2.90. The smallest absolute Gasteiger partial charge is 0.384 e. The van der Waals surface area contributed by atoms with Crippen molar-refractivity contribution in [2.75, 3.05) is 11.9 Å². The van der Waals surface area contributed by atoms with Gasteiger partial charge in [-0.1, -0.05) is 11.6 Å². The van der Waals surface area contributed by atoms with Gasteiger partial charge < -0.3 is 5.32 Å². The maximum Gasteiger partial charge on any atom is 0.418 e. The van der Waals surface area contributed by atoms with Crippen molar-refractivity contribution in [1.29, 1.82) is 0 Å². The second kappa shape index (κ2) is 6.15. The predicted molar refractivity (Wildman–Crippen MR) is 73.1 cm³/mol. The number of nitrogens with one attached hydrogen (secondary N) is 1. The van der Waals surface area contributed by atoms with Gasteiger partial charge in [0.15, 0.2) is 0 Å². The largest absolute Gasteiger partial charge is 0.418 e. The number of nitrogens with zero attached hydrogens (tertiary/aromatic N) is 1. The van der Waals surface area contributed by atoms with Crippen LogP contribution in [0.15, 0.2) is 29.8 Å². The van der Waals surface area contributed by atoms with Crippen LogP contribution in [0.3, 0.4) is 0 Å². The van der Waals surface area contributed by atoms with Crippen molar-refractivity contribution >= 4 is 11.4 Å². The van der Waals surface area contributed by atoms with Gasteiger partial charge >= 0.3 is 6.18 Å². The summed E-state index contributed by atoms with van der Waals surface area (Å²) in [5, 5.41) is 13.3. The zero-order valence-corrected chi connectivity index (χ0v) is 11.2. The topological polar surface area (TPSA) is 55.2 Å². The van der Waals surface area contributed by atoms with Crippen molar-refractivity contribution in [3.8, 4) is 0 Å². The summed E-state index contributed by atoms with van der Waals surface area (Å²) in [4.78, 5) is 9.76. The molecule has 0 atom stereocenters. The number of anilines is 1. The van der Waals surface area contributed by atoms with Crippen molar-refractivity contribution in [2.45, 2.75) is 31.9 Å². The van der Waals surface area contributed by atoms with Gasteiger partial charge in [0, 0.05) is 24.4 Å². The molecule has 0 saturated heterocycles. The first-order chi connectivity index (χ1) is 9.88. The molecule has 7 heteroatoms. The van der Waals surface area contributed by atoms with E-state index >= 15 is 0 Å². The molecule has 0 unspecified atom stereocenters. The van der Waals surface area contributed by atoms with Crippen LogP contribution in [0.25, 0.3) is 0 Å². The minimum Gasteiger partial charge on any atom is -0.384 e. The molecule has 0 spiro atoms. The highest BCUT2D eigenvalue weighted by Gasteiger charge is 2.35. The normalized spacial score (nSPS) is 14.9. The van der Waals surface area contributed by atoms with Crippen molar-refractivity contribution in [3.05, 3.63) is 45.5 Å². The highest BCUT2D eigenvalue weighted by atomic mass is 19.4. The third-order valence-electron chi connectivity index (χ3n) is 3.42. The molecule has 1 aromatic carbocycles. The molecule has 1 N–H and O–H groups in total.